The van der Waals surface area contributed by atoms with Gasteiger partial charge in [0.15, 0.2) is 6.10 Å². The molecule has 0 aromatic heterocycles. The second-order valence-corrected chi connectivity index (χ2v) is 28.0. The van der Waals surface area contributed by atoms with Crippen LogP contribution in [0.4, 0.5) is 0 Å². The minimum atomic E-state index is -4.94. The van der Waals surface area contributed by atoms with Gasteiger partial charge in [-0.05, 0) is 109 Å². The van der Waals surface area contributed by atoms with E-state index in [1.54, 1.807) is 0 Å². The highest BCUT2D eigenvalue weighted by Gasteiger charge is 2.29. The average Bonchev–Trinajstić information content (AvgIpc) is 1.02. The molecule has 4 N–H and O–H groups in total. The molecule has 566 valence electrons. The van der Waals surface area contributed by atoms with Crippen LogP contribution in [0.1, 0.15) is 290 Å². The summed E-state index contributed by atoms with van der Waals surface area (Å²) >= 11 is 0. The monoisotopic (exact) mass is 1430 g/mol. The van der Waals surface area contributed by atoms with E-state index in [1.165, 1.54) is 103 Å². The first kappa shape index (κ1) is 94.4. The molecular weight excluding hydrogens is 1290 g/mol. The molecule has 0 heterocycles. The van der Waals surface area contributed by atoms with E-state index >= 15 is 0 Å². The van der Waals surface area contributed by atoms with Crippen LogP contribution in [0.15, 0.2) is 146 Å². The second kappa shape index (κ2) is 73.2. The number of allylic oxidation sites excluding steroid dienone is 24. The number of esters is 3. The van der Waals surface area contributed by atoms with Gasteiger partial charge in [-0.1, -0.05) is 308 Å². The molecule has 0 aromatic carbocycles. The van der Waals surface area contributed by atoms with E-state index in [2.05, 4.69) is 148 Å². The lowest BCUT2D eigenvalue weighted by Gasteiger charge is -2.21. The number of carbonyl (C=O) groups excluding carboxylic acids is 3. The van der Waals surface area contributed by atoms with Gasteiger partial charge in [-0.3, -0.25) is 32.5 Å². The van der Waals surface area contributed by atoms with Crippen molar-refractivity contribution in [2.45, 2.75) is 309 Å². The Kier molecular flexibility index (Phi) is 69.8. The Morgan fingerprint density at radius 2 is 0.556 bits per heavy atom. The van der Waals surface area contributed by atoms with Gasteiger partial charge >= 0.3 is 33.6 Å². The Morgan fingerprint density at radius 1 is 0.293 bits per heavy atom. The van der Waals surface area contributed by atoms with Gasteiger partial charge in [0.2, 0.25) is 0 Å². The van der Waals surface area contributed by atoms with E-state index in [1.807, 2.05) is 18.2 Å². The molecule has 0 rings (SSSR count). The van der Waals surface area contributed by atoms with Gasteiger partial charge in [-0.15, -0.1) is 0 Å². The molecule has 0 spiro atoms. The highest BCUT2D eigenvalue weighted by Crippen LogP contribution is 2.45. The van der Waals surface area contributed by atoms with Gasteiger partial charge < -0.3 is 34.2 Å². The number of phosphoric ester groups is 2. The fourth-order valence-electron chi connectivity index (χ4n) is 9.84. The zero-order chi connectivity index (χ0) is 72.3. The van der Waals surface area contributed by atoms with Gasteiger partial charge in [-0.25, -0.2) is 9.13 Å². The fourth-order valence-corrected chi connectivity index (χ4v) is 11.4. The van der Waals surface area contributed by atoms with Crippen molar-refractivity contribution in [3.8, 4) is 0 Å². The molecule has 16 nitrogen and oxygen atoms in total. The van der Waals surface area contributed by atoms with Crippen molar-refractivity contribution in [3.63, 3.8) is 0 Å². The number of aliphatic hydroxyl groups excluding tert-OH is 2. The summed E-state index contributed by atoms with van der Waals surface area (Å²) in [5, 5.41) is 20.6. The van der Waals surface area contributed by atoms with Crippen LogP contribution in [0.3, 0.4) is 0 Å². The van der Waals surface area contributed by atoms with Gasteiger partial charge in [0.1, 0.15) is 25.4 Å². The lowest BCUT2D eigenvalue weighted by atomic mass is 10.0. The van der Waals surface area contributed by atoms with Crippen molar-refractivity contribution in [1.82, 2.24) is 0 Å². The topological polar surface area (TPSA) is 231 Å². The number of carbonyl (C=O) groups is 3. The van der Waals surface area contributed by atoms with Gasteiger partial charge in [0.25, 0.3) is 0 Å². The zero-order valence-corrected chi connectivity index (χ0v) is 63.4. The van der Waals surface area contributed by atoms with Crippen LogP contribution in [0.25, 0.3) is 0 Å². The number of hydrogen-bond donors (Lipinski definition) is 4. The standard InChI is InChI=1S/C81H136O16P2/c1-4-7-10-13-16-19-22-25-27-29-31-32-33-34-35-36-37-38-39-40-41-42-44-46-47-50-52-55-58-61-64-67-79(84)91-70-76(82)71-93-98(87,88)94-72-77(83)73-95-99(89,90)96-75-78(97-81(86)69-66-63-60-57-54-49-24-21-18-15-12-9-6-3)74-92-80(85)68-65-62-59-56-53-51-48-45-43-30-28-26-23-20-17-14-11-8-5-2/h7-8,10-11,16-17,19-20,25-28,31-32,34-35,37-38,43,45,51,53,59,62,76-78,82-83H,4-6,9,12-15,18,21-24,29-30,33,36,39-42,44,46-50,52,54-58,60-61,63-75H2,1-3H3,(H,87,88)(H,89,90)/b10-7-,11-8-,19-16-,20-17-,27-25-,28-26-,32-31-,35-34-,38-37-,45-43-,53-51-,62-59-. The minimum Gasteiger partial charge on any atom is -0.463 e. The lowest BCUT2D eigenvalue weighted by molar-refractivity contribution is -0.161. The molecule has 18 heteroatoms. The molecule has 0 fully saturated rings. The van der Waals surface area contributed by atoms with Crippen LogP contribution in [-0.2, 0) is 55.8 Å². The highest BCUT2D eigenvalue weighted by molar-refractivity contribution is 7.47. The van der Waals surface area contributed by atoms with Crippen molar-refractivity contribution < 1.29 is 75.8 Å². The molecule has 5 unspecified atom stereocenters. The van der Waals surface area contributed by atoms with Crippen LogP contribution in [0, 0.1) is 0 Å². The lowest BCUT2D eigenvalue weighted by Crippen LogP contribution is -2.30. The van der Waals surface area contributed by atoms with Crippen LogP contribution in [0.5, 0.6) is 0 Å². The summed E-state index contributed by atoms with van der Waals surface area (Å²) in [4.78, 5) is 58.5. The average molecular weight is 1430 g/mol. The molecule has 99 heavy (non-hydrogen) atoms. The SMILES string of the molecule is CC/C=C\C/C=C\C/C=C\C/C=C\C/C=C\C/C=C\CCCCCCCCCCCCCCC(=O)OCC(O)COP(=O)(O)OCC(O)COP(=O)(O)OCC(COC(=O)CC/C=C\C/C=C\C/C=C\C/C=C\C/C=C\C/C=C\CC)OC(=O)CCCCCCCCCCCCCCC. The maximum atomic E-state index is 12.9. The van der Waals surface area contributed by atoms with Crippen LogP contribution < -0.4 is 0 Å². The molecule has 0 bridgehead atoms. The number of phosphoric acid groups is 2. The van der Waals surface area contributed by atoms with E-state index in [-0.39, 0.29) is 19.3 Å². The predicted octanol–water partition coefficient (Wildman–Crippen LogP) is 22.1. The molecular formula is C81H136O16P2. The van der Waals surface area contributed by atoms with Crippen LogP contribution in [-0.4, -0.2) is 95.9 Å². The molecule has 0 amide bonds. The Labute approximate surface area is 600 Å². The van der Waals surface area contributed by atoms with E-state index in [4.69, 9.17) is 32.3 Å². The first-order valence-corrected chi connectivity index (χ1v) is 41.1. The maximum Gasteiger partial charge on any atom is 0.472 e. The number of rotatable bonds is 71. The summed E-state index contributed by atoms with van der Waals surface area (Å²) in [6.07, 6.45) is 89.2. The van der Waals surface area contributed by atoms with Gasteiger partial charge in [0.05, 0.1) is 26.4 Å². The van der Waals surface area contributed by atoms with E-state index in [0.717, 1.165) is 122 Å². The summed E-state index contributed by atoms with van der Waals surface area (Å²) in [5.74, 6) is -1.67. The number of unbranched alkanes of at least 4 members (excludes halogenated alkanes) is 24. The number of aliphatic hydroxyl groups is 2. The smallest absolute Gasteiger partial charge is 0.463 e. The largest absolute Gasteiger partial charge is 0.472 e. The third-order valence-electron chi connectivity index (χ3n) is 15.6. The van der Waals surface area contributed by atoms with Crippen molar-refractivity contribution in [2.24, 2.45) is 0 Å². The first-order valence-electron chi connectivity index (χ1n) is 38.1. The molecule has 0 saturated heterocycles. The third kappa shape index (κ3) is 74.4. The molecule has 0 saturated carbocycles. The van der Waals surface area contributed by atoms with Gasteiger partial charge in [0, 0.05) is 19.3 Å². The van der Waals surface area contributed by atoms with E-state index in [0.29, 0.717) is 25.7 Å². The summed E-state index contributed by atoms with van der Waals surface area (Å²) in [6, 6.07) is 0. The quantitative estimate of drug-likeness (QED) is 0.0146. The first-order chi connectivity index (χ1) is 48.2. The summed E-state index contributed by atoms with van der Waals surface area (Å²) < 4.78 is 60.9. The van der Waals surface area contributed by atoms with Gasteiger partial charge in [-0.2, -0.15) is 0 Å². The van der Waals surface area contributed by atoms with Crippen molar-refractivity contribution >= 4 is 33.6 Å². The van der Waals surface area contributed by atoms with Crippen molar-refractivity contribution in [2.75, 3.05) is 39.6 Å². The Hall–Kier alpha value is -4.57. The van der Waals surface area contributed by atoms with E-state index < -0.39 is 91.5 Å². The minimum absolute atomic E-state index is 0.0441. The molecule has 0 aromatic rings. The fraction of sp³-hybridized carbons (Fsp3) is 0.667. The second-order valence-electron chi connectivity index (χ2n) is 25.0. The number of hydrogen-bond acceptors (Lipinski definition) is 14. The Balaban J connectivity index is 4.51. The molecule has 0 radical (unpaired) electrons. The van der Waals surface area contributed by atoms with Crippen LogP contribution >= 0.6 is 15.6 Å². The zero-order valence-electron chi connectivity index (χ0n) is 61.6. The normalized spacial score (nSPS) is 14.9. The van der Waals surface area contributed by atoms with Crippen LogP contribution in [0.2, 0.25) is 0 Å². The van der Waals surface area contributed by atoms with E-state index in [9.17, 15) is 43.5 Å². The third-order valence-corrected chi connectivity index (χ3v) is 17.5. The summed E-state index contributed by atoms with van der Waals surface area (Å²) in [6.45, 7) is 2.36. The maximum absolute atomic E-state index is 12.9. The summed E-state index contributed by atoms with van der Waals surface area (Å²) in [5.41, 5.74) is 0. The molecule has 5 atom stereocenters. The molecule has 0 aliphatic carbocycles. The molecule has 0 aliphatic heterocycles. The van der Waals surface area contributed by atoms with Crippen molar-refractivity contribution in [1.29, 1.82) is 0 Å². The van der Waals surface area contributed by atoms with Crippen molar-refractivity contribution in [3.05, 3.63) is 146 Å². The number of ether oxygens (including phenoxy) is 3. The summed E-state index contributed by atoms with van der Waals surface area (Å²) in [7, 11) is -9.80. The predicted molar refractivity (Wildman–Crippen MR) is 408 cm³/mol. The molecule has 0 aliphatic rings. The Morgan fingerprint density at radius 3 is 0.909 bits per heavy atom. The highest BCUT2D eigenvalue weighted by atomic mass is 31.2. The Bertz CT molecular complexity index is 2380.